The molecule has 0 fully saturated rings. The van der Waals surface area contributed by atoms with Crippen LogP contribution in [0.4, 0.5) is 0 Å². The fourth-order valence-electron chi connectivity index (χ4n) is 1.74. The predicted molar refractivity (Wildman–Crippen MR) is 72.7 cm³/mol. The Hall–Kier alpha value is -1.61. The number of rotatable bonds is 2. The molecule has 0 bridgehead atoms. The second kappa shape index (κ2) is 4.34. The molecule has 2 rings (SSSR count). The van der Waals surface area contributed by atoms with Crippen LogP contribution in [0.2, 0.25) is 19.6 Å². The normalized spacial score (nSPS) is 11.5. The van der Waals surface area contributed by atoms with Crippen molar-refractivity contribution in [1.29, 1.82) is 0 Å². The molecular formula is C14H16O2Si. The largest absolute Gasteiger partial charge is 0.516 e. The van der Waals surface area contributed by atoms with Crippen LogP contribution in [0, 0.1) is 0 Å². The smallest absolute Gasteiger partial charge is 0.325 e. The zero-order valence-electron chi connectivity index (χ0n) is 10.4. The Kier molecular flexibility index (Phi) is 3.02. The van der Waals surface area contributed by atoms with Crippen LogP contribution in [0.5, 0.6) is 0 Å². The van der Waals surface area contributed by atoms with E-state index in [-0.39, 0.29) is 5.97 Å². The molecule has 17 heavy (non-hydrogen) atoms. The van der Waals surface area contributed by atoms with Crippen LogP contribution in [0.1, 0.15) is 10.4 Å². The van der Waals surface area contributed by atoms with Crippen LogP contribution in [0.15, 0.2) is 42.5 Å². The monoisotopic (exact) mass is 244 g/mol. The summed E-state index contributed by atoms with van der Waals surface area (Å²) in [4.78, 5) is 12.1. The third-order valence-electron chi connectivity index (χ3n) is 2.41. The second-order valence-corrected chi connectivity index (χ2v) is 9.46. The molecule has 0 aliphatic heterocycles. The van der Waals surface area contributed by atoms with Gasteiger partial charge in [-0.2, -0.15) is 0 Å². The Morgan fingerprint density at radius 1 is 1.00 bits per heavy atom. The zero-order chi connectivity index (χ0) is 12.5. The van der Waals surface area contributed by atoms with E-state index in [1.165, 1.54) is 0 Å². The lowest BCUT2D eigenvalue weighted by atomic mass is 10.1. The van der Waals surface area contributed by atoms with Crippen LogP contribution in [-0.4, -0.2) is 14.3 Å². The summed E-state index contributed by atoms with van der Waals surface area (Å²) in [6, 6.07) is 13.6. The first-order valence-corrected chi connectivity index (χ1v) is 9.09. The quantitative estimate of drug-likeness (QED) is 0.750. The number of hydrogen-bond acceptors (Lipinski definition) is 2. The molecule has 0 radical (unpaired) electrons. The van der Waals surface area contributed by atoms with E-state index in [9.17, 15) is 4.79 Å². The number of fused-ring (bicyclic) bond motifs is 1. The fraction of sp³-hybridized carbons (Fsp3) is 0.214. The fourth-order valence-corrected chi connectivity index (χ4v) is 2.40. The average Bonchev–Trinajstić information content (AvgIpc) is 2.26. The molecule has 2 aromatic rings. The molecule has 0 saturated carbocycles. The number of benzene rings is 2. The van der Waals surface area contributed by atoms with Crippen molar-refractivity contribution in [3.8, 4) is 0 Å². The van der Waals surface area contributed by atoms with Gasteiger partial charge in [-0.3, -0.25) is 0 Å². The number of hydrogen-bond donors (Lipinski definition) is 0. The van der Waals surface area contributed by atoms with E-state index in [1.807, 2.05) is 62.1 Å². The maximum atomic E-state index is 12.1. The topological polar surface area (TPSA) is 26.3 Å². The summed E-state index contributed by atoms with van der Waals surface area (Å²) >= 11 is 0. The zero-order valence-corrected chi connectivity index (χ0v) is 11.4. The van der Waals surface area contributed by atoms with Gasteiger partial charge in [0.1, 0.15) is 0 Å². The standard InChI is InChI=1S/C14H16O2Si/c1-17(2,3)16-14(15)13-10-6-8-11-7-4-5-9-12(11)13/h4-10H,1-3H3. The molecule has 2 nitrogen and oxygen atoms in total. The third-order valence-corrected chi connectivity index (χ3v) is 3.21. The van der Waals surface area contributed by atoms with Crippen molar-refractivity contribution < 1.29 is 9.22 Å². The van der Waals surface area contributed by atoms with E-state index in [0.717, 1.165) is 10.8 Å². The molecule has 0 spiro atoms. The summed E-state index contributed by atoms with van der Waals surface area (Å²) in [7, 11) is -1.84. The van der Waals surface area contributed by atoms with Gasteiger partial charge >= 0.3 is 5.97 Å². The summed E-state index contributed by atoms with van der Waals surface area (Å²) in [5.74, 6) is -0.207. The molecule has 0 atom stereocenters. The van der Waals surface area contributed by atoms with Crippen LogP contribution in [0.3, 0.4) is 0 Å². The van der Waals surface area contributed by atoms with Crippen LogP contribution in [-0.2, 0) is 4.43 Å². The van der Waals surface area contributed by atoms with Gasteiger partial charge in [0.2, 0.25) is 8.32 Å². The van der Waals surface area contributed by atoms with Crippen molar-refractivity contribution in [2.24, 2.45) is 0 Å². The van der Waals surface area contributed by atoms with Crippen molar-refractivity contribution in [3.63, 3.8) is 0 Å². The Labute approximate surface area is 102 Å². The molecule has 2 aromatic carbocycles. The van der Waals surface area contributed by atoms with Crippen molar-refractivity contribution in [2.45, 2.75) is 19.6 Å². The van der Waals surface area contributed by atoms with Gasteiger partial charge in [0.25, 0.3) is 0 Å². The SMILES string of the molecule is C[Si](C)(C)OC(=O)c1cccc2ccccc12. The van der Waals surface area contributed by atoms with Gasteiger partial charge in [-0.15, -0.1) is 0 Å². The van der Waals surface area contributed by atoms with E-state index in [4.69, 9.17) is 4.43 Å². The second-order valence-electron chi connectivity index (χ2n) is 5.03. The van der Waals surface area contributed by atoms with Crippen molar-refractivity contribution in [1.82, 2.24) is 0 Å². The summed E-state index contributed by atoms with van der Waals surface area (Å²) in [5, 5.41) is 2.02. The van der Waals surface area contributed by atoms with E-state index >= 15 is 0 Å². The lowest BCUT2D eigenvalue weighted by Crippen LogP contribution is -2.29. The Bertz CT molecular complexity index is 550. The lowest BCUT2D eigenvalue weighted by Gasteiger charge is -2.18. The van der Waals surface area contributed by atoms with Crippen LogP contribution in [0.25, 0.3) is 10.8 Å². The first-order valence-electron chi connectivity index (χ1n) is 5.68. The molecule has 0 heterocycles. The Balaban J connectivity index is 2.45. The van der Waals surface area contributed by atoms with Gasteiger partial charge in [-0.05, 0) is 36.5 Å². The molecule has 0 unspecified atom stereocenters. The van der Waals surface area contributed by atoms with Crippen LogP contribution >= 0.6 is 0 Å². The minimum atomic E-state index is -1.84. The van der Waals surface area contributed by atoms with Crippen molar-refractivity contribution in [3.05, 3.63) is 48.0 Å². The molecular weight excluding hydrogens is 228 g/mol. The molecule has 0 amide bonds. The van der Waals surface area contributed by atoms with E-state index in [0.29, 0.717) is 5.56 Å². The maximum Gasteiger partial charge on any atom is 0.325 e. The number of carbonyl (C=O) groups is 1. The lowest BCUT2D eigenvalue weighted by molar-refractivity contribution is 0.0726. The molecule has 3 heteroatoms. The molecule has 0 aliphatic carbocycles. The number of carbonyl (C=O) groups excluding carboxylic acids is 1. The molecule has 0 aliphatic rings. The predicted octanol–water partition coefficient (Wildman–Crippen LogP) is 3.83. The highest BCUT2D eigenvalue weighted by Crippen LogP contribution is 2.20. The molecule has 0 N–H and O–H groups in total. The highest BCUT2D eigenvalue weighted by molar-refractivity contribution is 6.71. The van der Waals surface area contributed by atoms with Gasteiger partial charge < -0.3 is 4.43 Å². The third kappa shape index (κ3) is 2.74. The first-order chi connectivity index (χ1) is 7.97. The van der Waals surface area contributed by atoms with Gasteiger partial charge in [0.15, 0.2) is 0 Å². The summed E-state index contributed by atoms with van der Waals surface area (Å²) < 4.78 is 5.53. The summed E-state index contributed by atoms with van der Waals surface area (Å²) in [6.45, 7) is 6.03. The van der Waals surface area contributed by atoms with Gasteiger partial charge in [0.05, 0.1) is 5.56 Å². The van der Waals surface area contributed by atoms with Gasteiger partial charge in [0, 0.05) is 0 Å². The van der Waals surface area contributed by atoms with Gasteiger partial charge in [-0.1, -0.05) is 36.4 Å². The molecule has 0 saturated heterocycles. The van der Waals surface area contributed by atoms with Crippen LogP contribution < -0.4 is 0 Å². The molecule has 88 valence electrons. The van der Waals surface area contributed by atoms with E-state index < -0.39 is 8.32 Å². The van der Waals surface area contributed by atoms with Crippen molar-refractivity contribution in [2.75, 3.05) is 0 Å². The highest BCUT2D eigenvalue weighted by atomic mass is 28.4. The van der Waals surface area contributed by atoms with Crippen molar-refractivity contribution >= 4 is 25.1 Å². The van der Waals surface area contributed by atoms with E-state index in [2.05, 4.69) is 0 Å². The Morgan fingerprint density at radius 3 is 2.35 bits per heavy atom. The maximum absolute atomic E-state index is 12.1. The average molecular weight is 244 g/mol. The summed E-state index contributed by atoms with van der Waals surface area (Å²) in [6.07, 6.45) is 0. The highest BCUT2D eigenvalue weighted by Gasteiger charge is 2.21. The Morgan fingerprint density at radius 2 is 1.65 bits per heavy atom. The first kappa shape index (κ1) is 11.9. The minimum absolute atomic E-state index is 0.207. The van der Waals surface area contributed by atoms with E-state index in [1.54, 1.807) is 0 Å². The molecule has 0 aromatic heterocycles. The minimum Gasteiger partial charge on any atom is -0.516 e. The van der Waals surface area contributed by atoms with Gasteiger partial charge in [-0.25, -0.2) is 4.79 Å². The summed E-state index contributed by atoms with van der Waals surface area (Å²) in [5.41, 5.74) is 0.658.